The number of rotatable bonds is 6. The van der Waals surface area contributed by atoms with Gasteiger partial charge in [0, 0.05) is 12.2 Å². The Kier molecular flexibility index (Phi) is 8.21. The number of aliphatic hydroxyl groups excluding tert-OH is 2. The van der Waals surface area contributed by atoms with Crippen LogP contribution in [0.2, 0.25) is 0 Å². The summed E-state index contributed by atoms with van der Waals surface area (Å²) in [5, 5.41) is 33.0. The first-order valence-electron chi connectivity index (χ1n) is 14.5. The molecule has 4 saturated carbocycles. The van der Waals surface area contributed by atoms with Gasteiger partial charge in [-0.1, -0.05) is 49.2 Å². The third-order valence-corrected chi connectivity index (χ3v) is 13.0. The molecular formula is C31H49BrO5. The number of carboxylic acids is 1. The van der Waals surface area contributed by atoms with E-state index in [9.17, 15) is 20.1 Å². The average molecular weight is 582 g/mol. The molecule has 5 nitrogen and oxygen atoms in total. The highest BCUT2D eigenvalue weighted by atomic mass is 79.9. The van der Waals surface area contributed by atoms with Crippen molar-refractivity contribution >= 4 is 21.9 Å². The van der Waals surface area contributed by atoms with Crippen molar-refractivity contribution in [2.24, 2.45) is 39.9 Å². The molecule has 4 rings (SSSR count). The van der Waals surface area contributed by atoms with Crippen LogP contribution in [0.1, 0.15) is 99.8 Å². The highest BCUT2D eigenvalue weighted by molar-refractivity contribution is 9.11. The lowest BCUT2D eigenvalue weighted by Crippen LogP contribution is -2.65. The molecular weight excluding hydrogens is 532 g/mol. The molecule has 210 valence electrons. The second-order valence-corrected chi connectivity index (χ2v) is 14.5. The normalized spacial score (nSPS) is 46.5. The third-order valence-electron chi connectivity index (χ3n) is 11.8. The fourth-order valence-corrected chi connectivity index (χ4v) is 10.0. The summed E-state index contributed by atoms with van der Waals surface area (Å²) in [7, 11) is 0. The summed E-state index contributed by atoms with van der Waals surface area (Å²) in [5.74, 6) is -0.0959. The van der Waals surface area contributed by atoms with E-state index >= 15 is 0 Å². The van der Waals surface area contributed by atoms with E-state index in [0.717, 1.165) is 47.7 Å². The van der Waals surface area contributed by atoms with Crippen LogP contribution in [0.15, 0.2) is 21.2 Å². The van der Waals surface area contributed by atoms with Crippen LogP contribution in [0.3, 0.4) is 0 Å². The number of carboxylic acid groups (broad SMARTS) is 1. The number of hydrogen-bond donors (Lipinski definition) is 3. The van der Waals surface area contributed by atoms with Crippen LogP contribution in [-0.2, 0) is 9.53 Å². The standard InChI is InChI=1S/C31H49BrO5/c1-8-37-25-16-31(7)21(26(25)19(28(35)36)9-10-22(32)17(2)3)15-24(34)27-29(5)13-12-23(33)18(4)20(29)11-14-30(27,31)6/h18,20-21,23-25,27,33-34H,8-16H2,1-7H3,(H,35,36)/b26-19-/t18-,20-,21-,23+,24+,25-,27?,29-,30-,31-/m0/s1. The van der Waals surface area contributed by atoms with Crippen molar-refractivity contribution in [3.8, 4) is 0 Å². The van der Waals surface area contributed by atoms with Crippen molar-refractivity contribution in [3.05, 3.63) is 21.2 Å². The van der Waals surface area contributed by atoms with E-state index in [0.29, 0.717) is 37.4 Å². The van der Waals surface area contributed by atoms with Crippen LogP contribution in [0.4, 0.5) is 0 Å². The largest absolute Gasteiger partial charge is 0.478 e. The van der Waals surface area contributed by atoms with E-state index in [1.807, 2.05) is 20.8 Å². The molecule has 4 aliphatic carbocycles. The summed E-state index contributed by atoms with van der Waals surface area (Å²) in [6.07, 6.45) is 5.31. The van der Waals surface area contributed by atoms with Crippen molar-refractivity contribution in [1.82, 2.24) is 0 Å². The molecule has 0 aromatic rings. The van der Waals surface area contributed by atoms with Crippen molar-refractivity contribution in [2.45, 2.75) is 118 Å². The number of fused-ring (bicyclic) bond motifs is 5. The number of hydrogen-bond acceptors (Lipinski definition) is 4. The molecule has 0 aromatic heterocycles. The minimum atomic E-state index is -0.856. The lowest BCUT2D eigenvalue weighted by Gasteiger charge is -2.69. The summed E-state index contributed by atoms with van der Waals surface area (Å²) < 4.78 is 7.37. The first-order valence-corrected chi connectivity index (χ1v) is 15.3. The maximum atomic E-state index is 12.7. The Hall–Kier alpha value is -0.690. The van der Waals surface area contributed by atoms with Crippen molar-refractivity contribution in [3.63, 3.8) is 0 Å². The predicted molar refractivity (Wildman–Crippen MR) is 150 cm³/mol. The lowest BCUT2D eigenvalue weighted by molar-refractivity contribution is -0.234. The summed E-state index contributed by atoms with van der Waals surface area (Å²) in [5.41, 5.74) is 2.25. The van der Waals surface area contributed by atoms with Crippen molar-refractivity contribution in [2.75, 3.05) is 6.61 Å². The van der Waals surface area contributed by atoms with Gasteiger partial charge in [-0.3, -0.25) is 0 Å². The highest BCUT2D eigenvalue weighted by Gasteiger charge is 2.70. The topological polar surface area (TPSA) is 87.0 Å². The molecule has 3 N–H and O–H groups in total. The van der Waals surface area contributed by atoms with E-state index in [1.54, 1.807) is 0 Å². The van der Waals surface area contributed by atoms with Gasteiger partial charge in [0.2, 0.25) is 0 Å². The van der Waals surface area contributed by atoms with Gasteiger partial charge in [0.25, 0.3) is 0 Å². The van der Waals surface area contributed by atoms with Gasteiger partial charge < -0.3 is 20.1 Å². The average Bonchev–Trinajstić information content (AvgIpc) is 3.09. The number of halogens is 1. The fourth-order valence-electron chi connectivity index (χ4n) is 9.81. The molecule has 0 saturated heterocycles. The summed E-state index contributed by atoms with van der Waals surface area (Å²) in [4.78, 5) is 12.7. The Bertz CT molecular complexity index is 969. The molecule has 0 heterocycles. The van der Waals surface area contributed by atoms with Crippen LogP contribution in [0.5, 0.6) is 0 Å². The molecule has 4 fully saturated rings. The predicted octanol–water partition coefficient (Wildman–Crippen LogP) is 6.86. The van der Waals surface area contributed by atoms with Gasteiger partial charge in [-0.25, -0.2) is 4.79 Å². The molecule has 37 heavy (non-hydrogen) atoms. The second-order valence-electron chi connectivity index (χ2n) is 13.6. The van der Waals surface area contributed by atoms with Gasteiger partial charge in [0.1, 0.15) is 0 Å². The molecule has 1 unspecified atom stereocenters. The zero-order valence-corrected chi connectivity index (χ0v) is 25.5. The molecule has 0 bridgehead atoms. The van der Waals surface area contributed by atoms with E-state index < -0.39 is 12.1 Å². The minimum Gasteiger partial charge on any atom is -0.478 e. The Balaban J connectivity index is 1.80. The minimum absolute atomic E-state index is 0.0105. The zero-order valence-electron chi connectivity index (χ0n) is 23.9. The van der Waals surface area contributed by atoms with Gasteiger partial charge in [0.15, 0.2) is 0 Å². The number of ether oxygens (including phenoxy) is 1. The first kappa shape index (κ1) is 29.3. The molecule has 0 aromatic carbocycles. The van der Waals surface area contributed by atoms with E-state index in [4.69, 9.17) is 4.74 Å². The monoisotopic (exact) mass is 580 g/mol. The Morgan fingerprint density at radius 2 is 1.73 bits per heavy atom. The summed E-state index contributed by atoms with van der Waals surface area (Å²) in [6, 6.07) is 0. The molecule has 0 aliphatic heterocycles. The fraction of sp³-hybridized carbons (Fsp3) is 0.839. The van der Waals surface area contributed by atoms with Crippen LogP contribution < -0.4 is 0 Å². The van der Waals surface area contributed by atoms with Gasteiger partial charge in [-0.05, 0) is 122 Å². The number of aliphatic carboxylic acids is 1. The van der Waals surface area contributed by atoms with Crippen molar-refractivity contribution in [1.29, 1.82) is 0 Å². The summed E-state index contributed by atoms with van der Waals surface area (Å²) in [6.45, 7) is 15.9. The molecule has 10 atom stereocenters. The second kappa shape index (κ2) is 10.4. The number of aliphatic hydroxyl groups is 2. The highest BCUT2D eigenvalue weighted by Crippen LogP contribution is 2.74. The van der Waals surface area contributed by atoms with Gasteiger partial charge in [-0.2, -0.15) is 0 Å². The van der Waals surface area contributed by atoms with Gasteiger partial charge in [-0.15, -0.1) is 0 Å². The van der Waals surface area contributed by atoms with Gasteiger partial charge >= 0.3 is 5.97 Å². The van der Waals surface area contributed by atoms with E-state index in [1.165, 1.54) is 0 Å². The molecule has 4 aliphatic rings. The lowest BCUT2D eigenvalue weighted by atomic mass is 9.36. The van der Waals surface area contributed by atoms with Crippen LogP contribution >= 0.6 is 15.9 Å². The molecule has 0 amide bonds. The van der Waals surface area contributed by atoms with E-state index in [2.05, 4.69) is 43.6 Å². The SMILES string of the molecule is CCO[C@H]1C[C@@]2(C)[C@@H](C[C@@H](O)C3[C@]2(C)CC[C@H]2[C@H](C)[C@H](O)CC[C@]32C)/C1=C(\CCC(Br)=C(C)C)C(=O)O. The van der Waals surface area contributed by atoms with E-state index in [-0.39, 0.29) is 46.2 Å². The Labute approximate surface area is 232 Å². The quantitative estimate of drug-likeness (QED) is 0.298. The van der Waals surface area contributed by atoms with Crippen LogP contribution in [-0.4, -0.2) is 46.2 Å². The Morgan fingerprint density at radius 1 is 1.05 bits per heavy atom. The maximum absolute atomic E-state index is 12.7. The zero-order chi connectivity index (χ0) is 27.5. The first-order chi connectivity index (χ1) is 17.2. The summed E-state index contributed by atoms with van der Waals surface area (Å²) >= 11 is 3.64. The number of allylic oxidation sites excluding steroid dienone is 2. The van der Waals surface area contributed by atoms with Crippen LogP contribution in [0.25, 0.3) is 0 Å². The smallest absolute Gasteiger partial charge is 0.331 e. The Morgan fingerprint density at radius 3 is 2.32 bits per heavy atom. The molecule has 0 radical (unpaired) electrons. The van der Waals surface area contributed by atoms with Gasteiger partial charge in [0.05, 0.1) is 18.3 Å². The number of carbonyl (C=O) groups is 1. The molecule has 6 heteroatoms. The molecule has 0 spiro atoms. The third kappa shape index (κ3) is 4.50. The van der Waals surface area contributed by atoms with Crippen LogP contribution in [0, 0.1) is 39.9 Å². The maximum Gasteiger partial charge on any atom is 0.331 e. The van der Waals surface area contributed by atoms with Crippen molar-refractivity contribution < 1.29 is 24.9 Å².